The van der Waals surface area contributed by atoms with E-state index in [0.717, 1.165) is 0 Å². The van der Waals surface area contributed by atoms with Crippen molar-refractivity contribution in [1.82, 2.24) is 9.30 Å². The zero-order valence-electron chi connectivity index (χ0n) is 13.6. The highest BCUT2D eigenvalue weighted by Crippen LogP contribution is 2.37. The second kappa shape index (κ2) is 5.77. The number of hydrogen-bond acceptors (Lipinski definition) is 4. The van der Waals surface area contributed by atoms with Gasteiger partial charge in [0.1, 0.15) is 11.5 Å². The average molecular weight is 327 g/mol. The Bertz CT molecular complexity index is 959. The van der Waals surface area contributed by atoms with Crippen LogP contribution in [0.1, 0.15) is 10.4 Å². The Morgan fingerprint density at radius 2 is 1.92 bits per heavy atom. The summed E-state index contributed by atoms with van der Waals surface area (Å²) in [5, 5.41) is 0.584. The number of pyridine rings is 1. The number of amides is 2. The molecular weight excluding hydrogens is 310 g/mol. The van der Waals surface area contributed by atoms with Crippen molar-refractivity contribution < 1.29 is 19.1 Å². The minimum absolute atomic E-state index is 0.317. The molecule has 2 heterocycles. The Labute approximate surface area is 138 Å². The average Bonchev–Trinajstić information content (AvgIpc) is 2.88. The first-order valence-corrected chi connectivity index (χ1v) is 7.23. The molecule has 0 radical (unpaired) electrons. The van der Waals surface area contributed by atoms with Crippen molar-refractivity contribution in [3.63, 3.8) is 0 Å². The van der Waals surface area contributed by atoms with E-state index in [0.29, 0.717) is 33.5 Å². The zero-order valence-corrected chi connectivity index (χ0v) is 13.6. The Balaban J connectivity index is 2.34. The molecule has 3 rings (SSSR count). The summed E-state index contributed by atoms with van der Waals surface area (Å²) in [5.41, 5.74) is 7.27. The molecule has 124 valence electrons. The van der Waals surface area contributed by atoms with Crippen molar-refractivity contribution >= 4 is 28.4 Å². The highest BCUT2D eigenvalue weighted by atomic mass is 16.6. The number of nitrogens with two attached hydrogens (primary N) is 1. The van der Waals surface area contributed by atoms with Gasteiger partial charge in [0.2, 0.25) is 0 Å². The van der Waals surface area contributed by atoms with Gasteiger partial charge in [-0.15, -0.1) is 0 Å². The summed E-state index contributed by atoms with van der Waals surface area (Å²) in [5.74, 6) is 0.175. The molecule has 0 spiro atoms. The fourth-order valence-corrected chi connectivity index (χ4v) is 2.66. The minimum atomic E-state index is -0.551. The van der Waals surface area contributed by atoms with Gasteiger partial charge in [-0.2, -0.15) is 0 Å². The van der Waals surface area contributed by atoms with Gasteiger partial charge in [0.25, 0.3) is 5.91 Å². The fraction of sp³-hybridized carbons (Fsp3) is 0.176. The molecule has 0 fully saturated rings. The first-order valence-electron chi connectivity index (χ1n) is 7.23. The van der Waals surface area contributed by atoms with Gasteiger partial charge >= 0.3 is 6.09 Å². The summed E-state index contributed by atoms with van der Waals surface area (Å²) in [7, 11) is 4.67. The summed E-state index contributed by atoms with van der Waals surface area (Å²) in [6.07, 6.45) is 1.30. The quantitative estimate of drug-likeness (QED) is 0.799. The molecule has 2 N–H and O–H groups in total. The van der Waals surface area contributed by atoms with E-state index in [1.54, 1.807) is 38.5 Å². The van der Waals surface area contributed by atoms with E-state index in [-0.39, 0.29) is 0 Å². The van der Waals surface area contributed by atoms with Crippen LogP contribution in [-0.4, -0.2) is 42.5 Å². The SMILES string of the molecule is COc1cc(OC(=O)N(C)C)cc2c1c(C(N)=O)c1ccccn12. The van der Waals surface area contributed by atoms with Gasteiger partial charge in [-0.05, 0) is 12.1 Å². The Kier molecular flexibility index (Phi) is 3.76. The smallest absolute Gasteiger partial charge is 0.414 e. The van der Waals surface area contributed by atoms with E-state index >= 15 is 0 Å². The summed E-state index contributed by atoms with van der Waals surface area (Å²) in [6, 6.07) is 8.70. The maximum absolute atomic E-state index is 12.0. The lowest BCUT2D eigenvalue weighted by molar-refractivity contribution is 0.100. The van der Waals surface area contributed by atoms with Crippen molar-refractivity contribution in [2.45, 2.75) is 0 Å². The number of hydrogen-bond donors (Lipinski definition) is 1. The largest absolute Gasteiger partial charge is 0.496 e. The molecule has 7 heteroatoms. The molecule has 2 amide bonds. The van der Waals surface area contributed by atoms with Crippen LogP contribution in [0.15, 0.2) is 36.5 Å². The van der Waals surface area contributed by atoms with Gasteiger partial charge in [-0.1, -0.05) is 6.07 Å². The maximum Gasteiger partial charge on any atom is 0.414 e. The lowest BCUT2D eigenvalue weighted by atomic mass is 10.1. The van der Waals surface area contributed by atoms with Crippen molar-refractivity contribution in [3.05, 3.63) is 42.1 Å². The van der Waals surface area contributed by atoms with E-state index in [1.807, 2.05) is 16.5 Å². The number of carbonyl (C=O) groups excluding carboxylic acids is 2. The summed E-state index contributed by atoms with van der Waals surface area (Å²) < 4.78 is 12.5. The molecule has 0 atom stereocenters. The number of carbonyl (C=O) groups is 2. The Morgan fingerprint density at radius 3 is 2.54 bits per heavy atom. The molecule has 0 saturated carbocycles. The van der Waals surface area contributed by atoms with Crippen LogP contribution in [-0.2, 0) is 0 Å². The second-order valence-corrected chi connectivity index (χ2v) is 5.48. The van der Waals surface area contributed by atoms with Gasteiger partial charge in [0.15, 0.2) is 0 Å². The van der Waals surface area contributed by atoms with Gasteiger partial charge in [-0.3, -0.25) is 4.79 Å². The van der Waals surface area contributed by atoms with Crippen LogP contribution in [0.4, 0.5) is 4.79 Å². The molecule has 2 aromatic heterocycles. The van der Waals surface area contributed by atoms with E-state index in [1.165, 1.54) is 12.0 Å². The Morgan fingerprint density at radius 1 is 1.17 bits per heavy atom. The molecule has 3 aromatic rings. The van der Waals surface area contributed by atoms with Gasteiger partial charge in [-0.25, -0.2) is 4.79 Å². The first kappa shape index (κ1) is 15.7. The number of methoxy groups -OCH3 is 1. The molecule has 0 unspecified atom stereocenters. The third kappa shape index (κ3) is 2.40. The van der Waals surface area contributed by atoms with Crippen LogP contribution < -0.4 is 15.2 Å². The number of fused-ring (bicyclic) bond motifs is 3. The van der Waals surface area contributed by atoms with E-state index in [9.17, 15) is 9.59 Å². The number of aromatic nitrogens is 1. The van der Waals surface area contributed by atoms with Crippen LogP contribution in [0.25, 0.3) is 16.4 Å². The minimum Gasteiger partial charge on any atom is -0.496 e. The number of ether oxygens (including phenoxy) is 2. The van der Waals surface area contributed by atoms with E-state index < -0.39 is 12.0 Å². The van der Waals surface area contributed by atoms with Crippen molar-refractivity contribution in [2.24, 2.45) is 5.73 Å². The molecule has 1 aromatic carbocycles. The van der Waals surface area contributed by atoms with Crippen LogP contribution in [0, 0.1) is 0 Å². The van der Waals surface area contributed by atoms with Crippen molar-refractivity contribution in [2.75, 3.05) is 21.2 Å². The molecule has 0 aliphatic rings. The molecule has 0 bridgehead atoms. The summed E-state index contributed by atoms with van der Waals surface area (Å²) in [4.78, 5) is 25.1. The molecular formula is C17H17N3O4. The molecule has 24 heavy (non-hydrogen) atoms. The van der Waals surface area contributed by atoms with Crippen LogP contribution in [0.3, 0.4) is 0 Å². The third-order valence-electron chi connectivity index (χ3n) is 3.72. The van der Waals surface area contributed by atoms with Crippen molar-refractivity contribution in [3.8, 4) is 11.5 Å². The summed E-state index contributed by atoms with van der Waals surface area (Å²) >= 11 is 0. The van der Waals surface area contributed by atoms with Crippen molar-refractivity contribution in [1.29, 1.82) is 0 Å². The maximum atomic E-state index is 12.0. The highest BCUT2D eigenvalue weighted by molar-refractivity contribution is 6.15. The first-order chi connectivity index (χ1) is 11.4. The predicted molar refractivity (Wildman–Crippen MR) is 89.7 cm³/mol. The lowest BCUT2D eigenvalue weighted by Crippen LogP contribution is -2.25. The molecule has 0 aliphatic heterocycles. The van der Waals surface area contributed by atoms with Gasteiger partial charge in [0.05, 0.1) is 29.1 Å². The predicted octanol–water partition coefficient (Wildman–Crippen LogP) is 2.26. The highest BCUT2D eigenvalue weighted by Gasteiger charge is 2.21. The van der Waals surface area contributed by atoms with Gasteiger partial charge in [0, 0.05) is 32.4 Å². The molecule has 0 saturated heterocycles. The number of primary amides is 1. The second-order valence-electron chi connectivity index (χ2n) is 5.48. The standard InChI is InChI=1S/C17H17N3O4/c1-19(2)17(22)24-10-8-12-14(13(9-10)23-3)15(16(18)21)11-6-4-5-7-20(11)12/h4-9H,1-3H3,(H2,18,21). The number of benzene rings is 1. The normalized spacial score (nSPS) is 10.8. The monoisotopic (exact) mass is 327 g/mol. The third-order valence-corrected chi connectivity index (χ3v) is 3.72. The number of nitrogens with zero attached hydrogens (tertiary/aromatic N) is 2. The van der Waals surface area contributed by atoms with Gasteiger partial charge < -0.3 is 24.5 Å². The Hall–Kier alpha value is -3.22. The number of rotatable bonds is 3. The topological polar surface area (TPSA) is 86.3 Å². The van der Waals surface area contributed by atoms with E-state index in [4.69, 9.17) is 15.2 Å². The van der Waals surface area contributed by atoms with Crippen LogP contribution in [0.5, 0.6) is 11.5 Å². The van der Waals surface area contributed by atoms with E-state index in [2.05, 4.69) is 0 Å². The lowest BCUT2D eigenvalue weighted by Gasteiger charge is -2.12. The summed E-state index contributed by atoms with van der Waals surface area (Å²) in [6.45, 7) is 0. The molecule has 0 aliphatic carbocycles. The zero-order chi connectivity index (χ0) is 17.4. The van der Waals surface area contributed by atoms with Crippen LogP contribution >= 0.6 is 0 Å². The fourth-order valence-electron chi connectivity index (χ4n) is 2.66. The molecule has 7 nitrogen and oxygen atoms in total. The van der Waals surface area contributed by atoms with Crippen LogP contribution in [0.2, 0.25) is 0 Å².